The number of hydrogen-bond donors (Lipinski definition) is 0. The number of hydrogen-bond acceptors (Lipinski definition) is 2. The third kappa shape index (κ3) is 2.26. The molecule has 0 aliphatic heterocycles. The molecule has 1 heterocycles. The van der Waals surface area contributed by atoms with Crippen LogP contribution in [0.3, 0.4) is 0 Å². The molecule has 17 heavy (non-hydrogen) atoms. The average molecular weight is 228 g/mol. The van der Waals surface area contributed by atoms with Gasteiger partial charge in [-0.05, 0) is 32.0 Å². The molecule has 0 aliphatic rings. The molecule has 0 radical (unpaired) electrons. The maximum Gasteiger partial charge on any atom is 0.134 e. The van der Waals surface area contributed by atoms with Crippen LogP contribution in [0.1, 0.15) is 18.2 Å². The largest absolute Gasteiger partial charge is 0.493 e. The molecule has 0 saturated heterocycles. The lowest BCUT2D eigenvalue weighted by atomic mass is 10.0. The van der Waals surface area contributed by atoms with Gasteiger partial charge >= 0.3 is 0 Å². The van der Waals surface area contributed by atoms with Crippen molar-refractivity contribution in [1.29, 1.82) is 0 Å². The molecule has 2 heteroatoms. The SMILES string of the molecule is C=Cc1c(OCC)cccc1-c1ccc(C)o1. The van der Waals surface area contributed by atoms with E-state index in [1.54, 1.807) is 6.08 Å². The van der Waals surface area contributed by atoms with Crippen LogP contribution in [0.2, 0.25) is 0 Å². The maximum absolute atomic E-state index is 5.64. The third-order valence-electron chi connectivity index (χ3n) is 2.58. The molecule has 0 saturated carbocycles. The highest BCUT2D eigenvalue weighted by molar-refractivity contribution is 5.75. The lowest BCUT2D eigenvalue weighted by molar-refractivity contribution is 0.339. The summed E-state index contributed by atoms with van der Waals surface area (Å²) in [6, 6.07) is 9.84. The second kappa shape index (κ2) is 4.91. The Morgan fingerprint density at radius 3 is 2.71 bits per heavy atom. The minimum atomic E-state index is 0.640. The van der Waals surface area contributed by atoms with E-state index in [1.807, 2.05) is 44.2 Å². The Balaban J connectivity index is 2.53. The Bertz CT molecular complexity index is 523. The van der Waals surface area contributed by atoms with Crippen molar-refractivity contribution in [1.82, 2.24) is 0 Å². The summed E-state index contributed by atoms with van der Waals surface area (Å²) in [7, 11) is 0. The minimum absolute atomic E-state index is 0.640. The van der Waals surface area contributed by atoms with Crippen molar-refractivity contribution in [2.75, 3.05) is 6.61 Å². The van der Waals surface area contributed by atoms with Gasteiger partial charge in [0.1, 0.15) is 17.3 Å². The minimum Gasteiger partial charge on any atom is -0.493 e. The van der Waals surface area contributed by atoms with E-state index in [0.29, 0.717) is 6.61 Å². The second-order valence-corrected chi connectivity index (χ2v) is 3.76. The van der Waals surface area contributed by atoms with Crippen molar-refractivity contribution in [3.63, 3.8) is 0 Å². The van der Waals surface area contributed by atoms with E-state index in [1.165, 1.54) is 0 Å². The molecule has 1 aromatic carbocycles. The molecule has 2 nitrogen and oxygen atoms in total. The molecule has 1 aromatic heterocycles. The summed E-state index contributed by atoms with van der Waals surface area (Å²) in [5.41, 5.74) is 1.99. The van der Waals surface area contributed by atoms with Gasteiger partial charge < -0.3 is 9.15 Å². The van der Waals surface area contributed by atoms with Gasteiger partial charge in [-0.3, -0.25) is 0 Å². The summed E-state index contributed by atoms with van der Waals surface area (Å²) in [6.07, 6.45) is 1.80. The van der Waals surface area contributed by atoms with E-state index < -0.39 is 0 Å². The van der Waals surface area contributed by atoms with E-state index in [4.69, 9.17) is 9.15 Å². The maximum atomic E-state index is 5.64. The van der Waals surface area contributed by atoms with Crippen LogP contribution < -0.4 is 4.74 Å². The van der Waals surface area contributed by atoms with Crippen LogP contribution in [0.25, 0.3) is 17.4 Å². The van der Waals surface area contributed by atoms with Crippen LogP contribution in [0.15, 0.2) is 41.3 Å². The van der Waals surface area contributed by atoms with Crippen molar-refractivity contribution in [3.05, 3.63) is 48.2 Å². The number of aryl methyl sites for hydroxylation is 1. The van der Waals surface area contributed by atoms with Crippen molar-refractivity contribution >= 4 is 6.08 Å². The Morgan fingerprint density at radius 2 is 2.12 bits per heavy atom. The number of furan rings is 1. The fourth-order valence-electron chi connectivity index (χ4n) is 1.83. The summed E-state index contributed by atoms with van der Waals surface area (Å²) in [6.45, 7) is 8.39. The lowest BCUT2D eigenvalue weighted by Gasteiger charge is -2.10. The molecule has 0 unspecified atom stereocenters. The first kappa shape index (κ1) is 11.5. The quantitative estimate of drug-likeness (QED) is 0.778. The molecule has 2 rings (SSSR count). The summed E-state index contributed by atoms with van der Waals surface area (Å²) in [5.74, 6) is 2.59. The molecule has 0 aliphatic carbocycles. The predicted octanol–water partition coefficient (Wildman–Crippen LogP) is 4.30. The van der Waals surface area contributed by atoms with E-state index in [2.05, 4.69) is 6.58 Å². The molecular weight excluding hydrogens is 212 g/mol. The van der Waals surface area contributed by atoms with Crippen LogP contribution >= 0.6 is 0 Å². The monoisotopic (exact) mass is 228 g/mol. The van der Waals surface area contributed by atoms with Gasteiger partial charge in [-0.25, -0.2) is 0 Å². The van der Waals surface area contributed by atoms with Gasteiger partial charge in [0.15, 0.2) is 0 Å². The Hall–Kier alpha value is -1.96. The molecule has 0 N–H and O–H groups in total. The highest BCUT2D eigenvalue weighted by atomic mass is 16.5. The lowest BCUT2D eigenvalue weighted by Crippen LogP contribution is -1.95. The smallest absolute Gasteiger partial charge is 0.134 e. The fraction of sp³-hybridized carbons (Fsp3) is 0.200. The first-order chi connectivity index (χ1) is 8.26. The molecule has 0 fully saturated rings. The molecule has 0 amide bonds. The van der Waals surface area contributed by atoms with Gasteiger partial charge in [0.25, 0.3) is 0 Å². The van der Waals surface area contributed by atoms with Gasteiger partial charge in [0, 0.05) is 11.1 Å². The first-order valence-corrected chi connectivity index (χ1v) is 5.71. The number of benzene rings is 1. The molecule has 0 spiro atoms. The second-order valence-electron chi connectivity index (χ2n) is 3.76. The summed E-state index contributed by atoms with van der Waals surface area (Å²) in [4.78, 5) is 0. The zero-order chi connectivity index (χ0) is 12.3. The van der Waals surface area contributed by atoms with Crippen molar-refractivity contribution in [3.8, 4) is 17.1 Å². The highest BCUT2D eigenvalue weighted by Gasteiger charge is 2.10. The fourth-order valence-corrected chi connectivity index (χ4v) is 1.83. The van der Waals surface area contributed by atoms with Gasteiger partial charge in [-0.15, -0.1) is 0 Å². The van der Waals surface area contributed by atoms with E-state index in [9.17, 15) is 0 Å². The van der Waals surface area contributed by atoms with Crippen molar-refractivity contribution in [2.45, 2.75) is 13.8 Å². The van der Waals surface area contributed by atoms with Crippen LogP contribution in [-0.2, 0) is 0 Å². The van der Waals surface area contributed by atoms with Gasteiger partial charge in [0.2, 0.25) is 0 Å². The standard InChI is InChI=1S/C15H16O2/c1-4-12-13(15-10-9-11(3)17-15)7-6-8-14(12)16-5-2/h4,6-10H,1,5H2,2-3H3. The zero-order valence-electron chi connectivity index (χ0n) is 10.2. The van der Waals surface area contributed by atoms with Crippen molar-refractivity contribution < 1.29 is 9.15 Å². The molecule has 0 atom stereocenters. The molecule has 0 bridgehead atoms. The van der Waals surface area contributed by atoms with Crippen LogP contribution in [0.5, 0.6) is 5.75 Å². The Kier molecular flexibility index (Phi) is 3.33. The Labute approximate surface area is 102 Å². The molecule has 2 aromatic rings. The van der Waals surface area contributed by atoms with Crippen LogP contribution in [-0.4, -0.2) is 6.61 Å². The zero-order valence-corrected chi connectivity index (χ0v) is 10.2. The molecule has 88 valence electrons. The van der Waals surface area contributed by atoms with E-state index in [-0.39, 0.29) is 0 Å². The van der Waals surface area contributed by atoms with E-state index in [0.717, 1.165) is 28.4 Å². The number of ether oxygens (including phenoxy) is 1. The number of rotatable bonds is 4. The highest BCUT2D eigenvalue weighted by Crippen LogP contribution is 2.32. The van der Waals surface area contributed by atoms with Gasteiger partial charge in [-0.1, -0.05) is 24.8 Å². The van der Waals surface area contributed by atoms with Gasteiger partial charge in [-0.2, -0.15) is 0 Å². The average Bonchev–Trinajstić information content (AvgIpc) is 2.76. The van der Waals surface area contributed by atoms with E-state index >= 15 is 0 Å². The summed E-state index contributed by atoms with van der Waals surface area (Å²) >= 11 is 0. The summed E-state index contributed by atoms with van der Waals surface area (Å²) < 4.78 is 11.2. The predicted molar refractivity (Wildman–Crippen MR) is 70.1 cm³/mol. The van der Waals surface area contributed by atoms with Crippen molar-refractivity contribution in [2.24, 2.45) is 0 Å². The normalized spacial score (nSPS) is 10.2. The Morgan fingerprint density at radius 1 is 1.29 bits per heavy atom. The van der Waals surface area contributed by atoms with Crippen LogP contribution in [0.4, 0.5) is 0 Å². The van der Waals surface area contributed by atoms with Gasteiger partial charge in [0.05, 0.1) is 6.61 Å². The summed E-state index contributed by atoms with van der Waals surface area (Å²) in [5, 5.41) is 0. The first-order valence-electron chi connectivity index (χ1n) is 5.71. The van der Waals surface area contributed by atoms with Crippen LogP contribution in [0, 0.1) is 6.92 Å². The third-order valence-corrected chi connectivity index (χ3v) is 2.58. The molecular formula is C15H16O2. The topological polar surface area (TPSA) is 22.4 Å².